The monoisotopic (exact) mass is 531 g/mol. The lowest BCUT2D eigenvalue weighted by molar-refractivity contribution is -0.137. The van der Waals surface area contributed by atoms with Crippen molar-refractivity contribution in [1.29, 1.82) is 0 Å². The number of rotatable bonds is 6. The van der Waals surface area contributed by atoms with Gasteiger partial charge in [-0.1, -0.05) is 11.6 Å². The summed E-state index contributed by atoms with van der Waals surface area (Å²) in [5.41, 5.74) is -2.25. The normalized spacial score (nSPS) is 13.5. The molecule has 3 aromatic rings. The molecule has 0 aliphatic carbocycles. The molecular formula is C23H15ClF5NO4S. The van der Waals surface area contributed by atoms with Crippen LogP contribution in [0.3, 0.4) is 0 Å². The Bertz CT molecular complexity index is 1420. The van der Waals surface area contributed by atoms with Crippen LogP contribution in [0, 0.1) is 11.6 Å². The molecule has 12 heteroatoms. The standard InChI is InChI=1S/C23H15ClF5NO4S/c1-12(22(31)32)8-15-10-17(19(24)11-30-15)21(18-9-14(25)4-7-20(18)26)35(33,34)16-5-2-13(3-6-16)23(27,28)29/h2-11,21H,1H3,(H,31,32)/b12-8+. The predicted octanol–water partition coefficient (Wildman–Crippen LogP) is 6.08. The van der Waals surface area contributed by atoms with Crippen LogP contribution in [0.25, 0.3) is 6.08 Å². The van der Waals surface area contributed by atoms with Crippen LogP contribution < -0.4 is 0 Å². The first-order valence-corrected chi connectivity index (χ1v) is 11.6. The molecule has 0 saturated carbocycles. The van der Waals surface area contributed by atoms with Gasteiger partial charge in [0.25, 0.3) is 0 Å². The number of sulfone groups is 1. The molecule has 1 unspecified atom stereocenters. The number of benzene rings is 2. The van der Waals surface area contributed by atoms with Gasteiger partial charge < -0.3 is 5.11 Å². The smallest absolute Gasteiger partial charge is 0.416 e. The molecule has 35 heavy (non-hydrogen) atoms. The van der Waals surface area contributed by atoms with Crippen molar-refractivity contribution in [2.45, 2.75) is 23.2 Å². The first kappa shape index (κ1) is 26.3. The van der Waals surface area contributed by atoms with Gasteiger partial charge >= 0.3 is 12.1 Å². The summed E-state index contributed by atoms with van der Waals surface area (Å²) in [6.45, 7) is 1.25. The third-order valence-electron chi connectivity index (χ3n) is 4.95. The van der Waals surface area contributed by atoms with Gasteiger partial charge in [-0.05, 0) is 67.1 Å². The molecule has 0 radical (unpaired) electrons. The highest BCUT2D eigenvalue weighted by Crippen LogP contribution is 2.40. The number of alkyl halides is 3. The maximum Gasteiger partial charge on any atom is 0.416 e. The molecule has 0 aliphatic rings. The van der Waals surface area contributed by atoms with Crippen molar-refractivity contribution in [3.05, 3.63) is 99.3 Å². The fraction of sp³-hybridized carbons (Fsp3) is 0.130. The number of nitrogens with zero attached hydrogens (tertiary/aromatic N) is 1. The molecule has 0 saturated heterocycles. The molecule has 1 heterocycles. The third kappa shape index (κ3) is 5.68. The van der Waals surface area contributed by atoms with Crippen LogP contribution in [0.15, 0.2) is 65.2 Å². The predicted molar refractivity (Wildman–Crippen MR) is 117 cm³/mol. The van der Waals surface area contributed by atoms with E-state index in [0.717, 1.165) is 24.4 Å². The molecule has 184 valence electrons. The Hall–Kier alpha value is -3.31. The summed E-state index contributed by atoms with van der Waals surface area (Å²) in [4.78, 5) is 14.5. The van der Waals surface area contributed by atoms with Crippen molar-refractivity contribution in [1.82, 2.24) is 4.98 Å². The quantitative estimate of drug-likeness (QED) is 0.308. The van der Waals surface area contributed by atoms with E-state index in [2.05, 4.69) is 4.98 Å². The number of hydrogen-bond donors (Lipinski definition) is 1. The number of carboxylic acids is 1. The molecule has 2 aromatic carbocycles. The number of hydrogen-bond acceptors (Lipinski definition) is 4. The fourth-order valence-corrected chi connectivity index (χ4v) is 5.33. The van der Waals surface area contributed by atoms with Gasteiger partial charge in [0, 0.05) is 17.3 Å². The lowest BCUT2D eigenvalue weighted by Crippen LogP contribution is -2.18. The molecule has 5 nitrogen and oxygen atoms in total. The van der Waals surface area contributed by atoms with Gasteiger partial charge in [0.15, 0.2) is 9.84 Å². The molecule has 1 aromatic heterocycles. The topological polar surface area (TPSA) is 84.3 Å². The number of carboxylic acid groups (broad SMARTS) is 1. The lowest BCUT2D eigenvalue weighted by atomic mass is 10.0. The van der Waals surface area contributed by atoms with E-state index in [-0.39, 0.29) is 21.9 Å². The largest absolute Gasteiger partial charge is 0.478 e. The van der Waals surface area contributed by atoms with E-state index in [1.807, 2.05) is 0 Å². The zero-order valence-electron chi connectivity index (χ0n) is 17.6. The van der Waals surface area contributed by atoms with E-state index in [4.69, 9.17) is 16.7 Å². The van der Waals surface area contributed by atoms with Crippen LogP contribution in [0.1, 0.15) is 34.6 Å². The molecule has 0 aliphatic heterocycles. The summed E-state index contributed by atoms with van der Waals surface area (Å²) >= 11 is 6.18. The van der Waals surface area contributed by atoms with Crippen LogP contribution in [0.5, 0.6) is 0 Å². The summed E-state index contributed by atoms with van der Waals surface area (Å²) in [5, 5.41) is 6.81. The molecule has 3 rings (SSSR count). The number of carbonyl (C=O) groups is 1. The van der Waals surface area contributed by atoms with Crippen molar-refractivity contribution in [2.75, 3.05) is 0 Å². The fourth-order valence-electron chi connectivity index (χ4n) is 3.22. The summed E-state index contributed by atoms with van der Waals surface area (Å²) in [6.07, 6.45) is -2.62. The molecule has 0 bridgehead atoms. The van der Waals surface area contributed by atoms with E-state index >= 15 is 0 Å². The molecule has 0 spiro atoms. The van der Waals surface area contributed by atoms with Gasteiger partial charge in [-0.3, -0.25) is 4.98 Å². The Morgan fingerprint density at radius 1 is 1.06 bits per heavy atom. The maximum absolute atomic E-state index is 14.8. The summed E-state index contributed by atoms with van der Waals surface area (Å²) in [5.74, 6) is -3.37. The molecule has 0 fully saturated rings. The minimum atomic E-state index is -4.73. The second-order valence-electron chi connectivity index (χ2n) is 7.38. The van der Waals surface area contributed by atoms with Crippen molar-refractivity contribution in [2.24, 2.45) is 0 Å². The highest BCUT2D eigenvalue weighted by molar-refractivity contribution is 7.92. The first-order valence-electron chi connectivity index (χ1n) is 9.65. The van der Waals surface area contributed by atoms with Gasteiger partial charge in [0.1, 0.15) is 16.9 Å². The molecule has 1 N–H and O–H groups in total. The zero-order valence-corrected chi connectivity index (χ0v) is 19.2. The summed E-state index contributed by atoms with van der Waals surface area (Å²) in [7, 11) is -4.72. The molecule has 0 amide bonds. The van der Waals surface area contributed by atoms with E-state index in [9.17, 15) is 35.2 Å². The average molecular weight is 532 g/mol. The highest BCUT2D eigenvalue weighted by Gasteiger charge is 2.36. The highest BCUT2D eigenvalue weighted by atomic mass is 35.5. The third-order valence-corrected chi connectivity index (χ3v) is 7.32. The number of halogens is 6. The van der Waals surface area contributed by atoms with Crippen molar-refractivity contribution in [3.63, 3.8) is 0 Å². The Kier molecular flexibility index (Phi) is 7.32. The van der Waals surface area contributed by atoms with Crippen molar-refractivity contribution < 1.29 is 40.3 Å². The lowest BCUT2D eigenvalue weighted by Gasteiger charge is -2.21. The minimum absolute atomic E-state index is 0.0475. The Balaban J connectivity index is 2.29. The average Bonchev–Trinajstić information content (AvgIpc) is 2.77. The van der Waals surface area contributed by atoms with Gasteiger partial charge in [-0.2, -0.15) is 13.2 Å². The zero-order chi connectivity index (χ0) is 26.1. The number of aliphatic carboxylic acids is 1. The van der Waals surface area contributed by atoms with Crippen LogP contribution in [-0.4, -0.2) is 24.5 Å². The van der Waals surface area contributed by atoms with Crippen LogP contribution >= 0.6 is 11.6 Å². The maximum atomic E-state index is 14.8. The van der Waals surface area contributed by atoms with Crippen LogP contribution in [-0.2, 0) is 20.8 Å². The second-order valence-corrected chi connectivity index (χ2v) is 9.82. The van der Waals surface area contributed by atoms with Crippen molar-refractivity contribution >= 4 is 33.5 Å². The molecule has 1 atom stereocenters. The van der Waals surface area contributed by atoms with E-state index < -0.39 is 54.9 Å². The minimum Gasteiger partial charge on any atom is -0.478 e. The Morgan fingerprint density at radius 3 is 2.26 bits per heavy atom. The number of aromatic nitrogens is 1. The van der Waals surface area contributed by atoms with Crippen LogP contribution in [0.4, 0.5) is 22.0 Å². The second kappa shape index (κ2) is 9.74. The van der Waals surface area contributed by atoms with Gasteiger partial charge in [-0.25, -0.2) is 22.0 Å². The van der Waals surface area contributed by atoms with E-state index in [0.29, 0.717) is 36.4 Å². The Labute approximate surface area is 201 Å². The molecular weight excluding hydrogens is 517 g/mol. The van der Waals surface area contributed by atoms with E-state index in [1.165, 1.54) is 6.92 Å². The van der Waals surface area contributed by atoms with Gasteiger partial charge in [0.05, 0.1) is 21.2 Å². The van der Waals surface area contributed by atoms with Crippen molar-refractivity contribution in [3.8, 4) is 0 Å². The van der Waals surface area contributed by atoms with Gasteiger partial charge in [0.2, 0.25) is 0 Å². The Morgan fingerprint density at radius 2 is 1.69 bits per heavy atom. The van der Waals surface area contributed by atoms with Gasteiger partial charge in [-0.15, -0.1) is 0 Å². The first-order chi connectivity index (χ1) is 16.2. The van der Waals surface area contributed by atoms with E-state index in [1.54, 1.807) is 0 Å². The SMILES string of the molecule is C/C(=C\c1cc(C(c2cc(F)ccc2F)S(=O)(=O)c2ccc(C(F)(F)F)cc2)c(Cl)cn1)C(=O)O. The summed E-state index contributed by atoms with van der Waals surface area (Å²) in [6, 6.07) is 5.68. The summed E-state index contributed by atoms with van der Waals surface area (Å²) < 4.78 is 94.9. The van der Waals surface area contributed by atoms with Crippen LogP contribution in [0.2, 0.25) is 5.02 Å². The number of pyridine rings is 1.